The highest BCUT2D eigenvalue weighted by Gasteiger charge is 2.11. The van der Waals surface area contributed by atoms with E-state index in [4.69, 9.17) is 11.6 Å². The fourth-order valence-electron chi connectivity index (χ4n) is 1.48. The van der Waals surface area contributed by atoms with Crippen LogP contribution in [0.4, 0.5) is 5.95 Å². The van der Waals surface area contributed by atoms with Gasteiger partial charge in [-0.1, -0.05) is 18.5 Å². The van der Waals surface area contributed by atoms with Gasteiger partial charge in [-0.15, -0.1) is 10.2 Å². The van der Waals surface area contributed by atoms with E-state index >= 15 is 0 Å². The predicted octanol–water partition coefficient (Wildman–Crippen LogP) is 1.47. The van der Waals surface area contributed by atoms with Crippen molar-refractivity contribution in [2.24, 2.45) is 7.05 Å². The average Bonchev–Trinajstić information content (AvgIpc) is 2.74. The van der Waals surface area contributed by atoms with Gasteiger partial charge in [0.1, 0.15) is 12.2 Å². The Kier molecular flexibility index (Phi) is 3.53. The summed E-state index contributed by atoms with van der Waals surface area (Å²) < 4.78 is 1.90. The third-order valence-corrected chi connectivity index (χ3v) is 2.57. The first-order valence-corrected chi connectivity index (χ1v) is 5.60. The lowest BCUT2D eigenvalue weighted by atomic mass is 10.1. The molecule has 0 aliphatic heterocycles. The molecule has 2 aromatic heterocycles. The molecule has 1 atom stereocenters. The van der Waals surface area contributed by atoms with Crippen LogP contribution in [0.1, 0.15) is 18.7 Å². The molecule has 0 aliphatic carbocycles. The van der Waals surface area contributed by atoms with Crippen LogP contribution in [-0.4, -0.2) is 31.3 Å². The maximum atomic E-state index is 5.70. The Bertz CT molecular complexity index is 480. The van der Waals surface area contributed by atoms with Crippen molar-refractivity contribution >= 4 is 17.5 Å². The van der Waals surface area contributed by atoms with Gasteiger partial charge in [0.15, 0.2) is 0 Å². The molecule has 0 amide bonds. The largest absolute Gasteiger partial charge is 0.354 e. The van der Waals surface area contributed by atoms with Gasteiger partial charge in [-0.2, -0.15) is 0 Å². The zero-order chi connectivity index (χ0) is 12.3. The third kappa shape index (κ3) is 2.91. The van der Waals surface area contributed by atoms with Gasteiger partial charge in [-0.3, -0.25) is 0 Å². The molecule has 0 fully saturated rings. The Balaban J connectivity index is 1.94. The number of anilines is 1. The minimum absolute atomic E-state index is 0.224. The lowest BCUT2D eigenvalue weighted by Crippen LogP contribution is -2.15. The molecular formula is C10H13ClN6. The molecule has 2 rings (SSSR count). The quantitative estimate of drug-likeness (QED) is 0.893. The topological polar surface area (TPSA) is 68.5 Å². The van der Waals surface area contributed by atoms with Gasteiger partial charge in [0.05, 0.1) is 17.4 Å². The molecule has 0 saturated heterocycles. The van der Waals surface area contributed by atoms with Gasteiger partial charge in [-0.05, 0) is 0 Å². The lowest BCUT2D eigenvalue weighted by molar-refractivity contribution is 0.679. The summed E-state index contributed by atoms with van der Waals surface area (Å²) >= 11 is 5.70. The van der Waals surface area contributed by atoms with E-state index in [2.05, 4.69) is 32.4 Å². The summed E-state index contributed by atoms with van der Waals surface area (Å²) in [6.45, 7) is 2.75. The highest BCUT2D eigenvalue weighted by atomic mass is 35.5. The zero-order valence-electron chi connectivity index (χ0n) is 9.63. The number of rotatable bonds is 4. The van der Waals surface area contributed by atoms with Crippen molar-refractivity contribution in [1.82, 2.24) is 24.7 Å². The van der Waals surface area contributed by atoms with Crippen LogP contribution < -0.4 is 5.32 Å². The molecule has 2 heterocycles. The number of nitrogens with zero attached hydrogens (tertiary/aromatic N) is 5. The summed E-state index contributed by atoms with van der Waals surface area (Å²) in [5, 5.41) is 11.5. The minimum Gasteiger partial charge on any atom is -0.354 e. The molecule has 6 nitrogen and oxygen atoms in total. The van der Waals surface area contributed by atoms with Crippen molar-refractivity contribution in [3.8, 4) is 0 Å². The van der Waals surface area contributed by atoms with Gasteiger partial charge < -0.3 is 9.88 Å². The van der Waals surface area contributed by atoms with Crippen LogP contribution in [0, 0.1) is 0 Å². The molecule has 0 aromatic carbocycles. The predicted molar refractivity (Wildman–Crippen MR) is 64.9 cm³/mol. The minimum atomic E-state index is 0.224. The van der Waals surface area contributed by atoms with E-state index in [1.807, 2.05) is 11.6 Å². The summed E-state index contributed by atoms with van der Waals surface area (Å²) in [6.07, 6.45) is 4.80. The number of hydrogen-bond donors (Lipinski definition) is 1. The first-order valence-electron chi connectivity index (χ1n) is 5.22. The number of aromatic nitrogens is 5. The lowest BCUT2D eigenvalue weighted by Gasteiger charge is -2.11. The van der Waals surface area contributed by atoms with Crippen LogP contribution in [0.25, 0.3) is 0 Å². The highest BCUT2D eigenvalue weighted by molar-refractivity contribution is 6.30. The molecule has 7 heteroatoms. The third-order valence-electron chi connectivity index (χ3n) is 2.37. The standard InChI is InChI=1S/C10H13ClN6/c1-7(9-16-15-6-17(9)2)3-12-10-13-4-8(11)5-14-10/h4-7H,3H2,1-2H3,(H,12,13,14)/t7-/m0/s1. The van der Waals surface area contributed by atoms with Gasteiger partial charge in [0.2, 0.25) is 5.95 Å². The smallest absolute Gasteiger partial charge is 0.222 e. The normalized spacial score (nSPS) is 12.4. The Morgan fingerprint density at radius 1 is 1.41 bits per heavy atom. The average molecular weight is 253 g/mol. The molecule has 0 aliphatic rings. The molecule has 0 unspecified atom stereocenters. The maximum absolute atomic E-state index is 5.70. The highest BCUT2D eigenvalue weighted by Crippen LogP contribution is 2.12. The Hall–Kier alpha value is -1.69. The van der Waals surface area contributed by atoms with Gasteiger partial charge >= 0.3 is 0 Å². The van der Waals surface area contributed by atoms with Crippen molar-refractivity contribution < 1.29 is 0 Å². The van der Waals surface area contributed by atoms with Crippen LogP contribution in [0.15, 0.2) is 18.7 Å². The molecule has 0 spiro atoms. The maximum Gasteiger partial charge on any atom is 0.222 e. The number of nitrogens with one attached hydrogen (secondary N) is 1. The van der Waals surface area contributed by atoms with E-state index in [9.17, 15) is 0 Å². The van der Waals surface area contributed by atoms with Crippen molar-refractivity contribution in [2.45, 2.75) is 12.8 Å². The first kappa shape index (κ1) is 11.8. The summed E-state index contributed by atoms with van der Waals surface area (Å²) in [5.74, 6) is 1.71. The number of halogens is 1. The molecule has 0 bridgehead atoms. The fraction of sp³-hybridized carbons (Fsp3) is 0.400. The van der Waals surface area contributed by atoms with Crippen molar-refractivity contribution in [2.75, 3.05) is 11.9 Å². The van der Waals surface area contributed by atoms with Gasteiger partial charge in [-0.25, -0.2) is 9.97 Å². The zero-order valence-corrected chi connectivity index (χ0v) is 10.4. The second kappa shape index (κ2) is 5.09. The van der Waals surface area contributed by atoms with Crippen LogP contribution in [0.3, 0.4) is 0 Å². The van der Waals surface area contributed by atoms with Gasteiger partial charge in [0.25, 0.3) is 0 Å². The molecule has 17 heavy (non-hydrogen) atoms. The van der Waals surface area contributed by atoms with E-state index < -0.39 is 0 Å². The van der Waals surface area contributed by atoms with Crippen molar-refractivity contribution in [3.63, 3.8) is 0 Å². The number of aryl methyl sites for hydroxylation is 1. The molecule has 0 radical (unpaired) electrons. The molecule has 90 valence electrons. The second-order valence-corrected chi connectivity index (χ2v) is 4.24. The first-order chi connectivity index (χ1) is 8.16. The van der Waals surface area contributed by atoms with Crippen LogP contribution >= 0.6 is 11.6 Å². The number of hydrogen-bond acceptors (Lipinski definition) is 5. The van der Waals surface area contributed by atoms with Crippen LogP contribution in [0.2, 0.25) is 5.02 Å². The second-order valence-electron chi connectivity index (χ2n) is 3.81. The summed E-state index contributed by atoms with van der Waals surface area (Å²) in [6, 6.07) is 0. The van der Waals surface area contributed by atoms with E-state index in [1.165, 1.54) is 0 Å². The fourth-order valence-corrected chi connectivity index (χ4v) is 1.58. The monoisotopic (exact) mass is 252 g/mol. The van der Waals surface area contributed by atoms with Crippen LogP contribution in [0.5, 0.6) is 0 Å². The van der Waals surface area contributed by atoms with Crippen molar-refractivity contribution in [3.05, 3.63) is 29.6 Å². The molecular weight excluding hydrogens is 240 g/mol. The summed E-state index contributed by atoms with van der Waals surface area (Å²) in [7, 11) is 1.92. The SMILES string of the molecule is C[C@@H](CNc1ncc(Cl)cn1)c1nncn1C. The van der Waals surface area contributed by atoms with E-state index in [0.29, 0.717) is 17.5 Å². The van der Waals surface area contributed by atoms with E-state index in [0.717, 1.165) is 5.82 Å². The van der Waals surface area contributed by atoms with Crippen molar-refractivity contribution in [1.29, 1.82) is 0 Å². The Morgan fingerprint density at radius 2 is 2.12 bits per heavy atom. The molecule has 0 saturated carbocycles. The molecule has 2 aromatic rings. The summed E-state index contributed by atoms with van der Waals surface area (Å²) in [5.41, 5.74) is 0. The Morgan fingerprint density at radius 3 is 2.71 bits per heavy atom. The molecule has 1 N–H and O–H groups in total. The van der Waals surface area contributed by atoms with Crippen LogP contribution in [-0.2, 0) is 7.05 Å². The van der Waals surface area contributed by atoms with E-state index in [-0.39, 0.29) is 5.92 Å². The summed E-state index contributed by atoms with van der Waals surface area (Å²) in [4.78, 5) is 8.11. The van der Waals surface area contributed by atoms with E-state index in [1.54, 1.807) is 18.7 Å². The Labute approximate surface area is 104 Å². The van der Waals surface area contributed by atoms with Gasteiger partial charge in [0, 0.05) is 19.5 Å².